The van der Waals surface area contributed by atoms with E-state index in [-0.39, 0.29) is 6.04 Å². The minimum atomic E-state index is -0.291. The van der Waals surface area contributed by atoms with Gasteiger partial charge >= 0.3 is 0 Å². The molecular formula is C14H17Br2N3O2. The highest BCUT2D eigenvalue weighted by Gasteiger charge is 2.19. The lowest BCUT2D eigenvalue weighted by molar-refractivity contribution is 0.182. The molecule has 0 bridgehead atoms. The highest BCUT2D eigenvalue weighted by molar-refractivity contribution is 9.10. The van der Waals surface area contributed by atoms with E-state index in [1.165, 1.54) is 0 Å². The molecule has 0 aliphatic carbocycles. The summed E-state index contributed by atoms with van der Waals surface area (Å²) in [5.74, 6) is 0.776. The molecule has 5 nitrogen and oxygen atoms in total. The van der Waals surface area contributed by atoms with Gasteiger partial charge in [-0.2, -0.15) is 5.10 Å². The smallest absolute Gasteiger partial charge is 0.133 e. The van der Waals surface area contributed by atoms with Gasteiger partial charge in [0, 0.05) is 7.11 Å². The van der Waals surface area contributed by atoms with Crippen LogP contribution in [0.25, 0.3) is 0 Å². The van der Waals surface area contributed by atoms with Crippen LogP contribution in [0.4, 0.5) is 0 Å². The van der Waals surface area contributed by atoms with Crippen molar-refractivity contribution in [3.8, 4) is 5.75 Å². The number of ether oxygens (including phenoxy) is 2. The maximum absolute atomic E-state index is 6.40. The van der Waals surface area contributed by atoms with E-state index in [0.717, 1.165) is 26.0 Å². The Hall–Kier alpha value is -0.890. The van der Waals surface area contributed by atoms with Gasteiger partial charge in [-0.15, -0.1) is 0 Å². The number of hydrogen-bond donors (Lipinski definition) is 1. The van der Waals surface area contributed by atoms with Crippen LogP contribution in [0.1, 0.15) is 17.3 Å². The summed E-state index contributed by atoms with van der Waals surface area (Å²) < 4.78 is 14.0. The maximum Gasteiger partial charge on any atom is 0.133 e. The van der Waals surface area contributed by atoms with Gasteiger partial charge < -0.3 is 15.2 Å². The minimum absolute atomic E-state index is 0.291. The van der Waals surface area contributed by atoms with Gasteiger partial charge in [-0.05, 0) is 49.6 Å². The van der Waals surface area contributed by atoms with Gasteiger partial charge in [-0.3, -0.25) is 4.68 Å². The number of aromatic nitrogens is 2. The molecule has 1 atom stereocenters. The Kier molecular flexibility index (Phi) is 5.80. The predicted molar refractivity (Wildman–Crippen MR) is 88.5 cm³/mol. The molecule has 0 saturated carbocycles. The van der Waals surface area contributed by atoms with Crippen LogP contribution in [0.2, 0.25) is 0 Å². The lowest BCUT2D eigenvalue weighted by atomic mass is 10.0. The second-order valence-corrected chi connectivity index (χ2v) is 6.17. The number of benzene rings is 1. The molecule has 7 heteroatoms. The molecule has 2 N–H and O–H groups in total. The predicted octanol–water partition coefficient (Wildman–Crippen LogP) is 3.11. The summed E-state index contributed by atoms with van der Waals surface area (Å²) in [6, 6.07) is 5.52. The SMILES string of the molecule is COCCn1ncc(Br)c1C(N)c1ccc(OC)c(Br)c1. The van der Waals surface area contributed by atoms with Crippen molar-refractivity contribution in [1.82, 2.24) is 9.78 Å². The third kappa shape index (κ3) is 3.66. The van der Waals surface area contributed by atoms with Gasteiger partial charge in [0.25, 0.3) is 0 Å². The van der Waals surface area contributed by atoms with Crippen LogP contribution in [-0.2, 0) is 11.3 Å². The van der Waals surface area contributed by atoms with Crippen molar-refractivity contribution in [3.63, 3.8) is 0 Å². The first kappa shape index (κ1) is 16.5. The van der Waals surface area contributed by atoms with Gasteiger partial charge in [0.15, 0.2) is 0 Å². The molecular weight excluding hydrogens is 402 g/mol. The lowest BCUT2D eigenvalue weighted by Crippen LogP contribution is -2.19. The normalized spacial score (nSPS) is 12.4. The first-order valence-corrected chi connectivity index (χ1v) is 7.96. The first-order valence-electron chi connectivity index (χ1n) is 6.37. The van der Waals surface area contributed by atoms with E-state index >= 15 is 0 Å². The molecule has 114 valence electrons. The van der Waals surface area contributed by atoms with E-state index in [0.29, 0.717) is 13.2 Å². The average Bonchev–Trinajstić information content (AvgIpc) is 2.85. The van der Waals surface area contributed by atoms with E-state index in [1.54, 1.807) is 20.4 Å². The van der Waals surface area contributed by atoms with Crippen molar-refractivity contribution in [3.05, 3.63) is 44.6 Å². The van der Waals surface area contributed by atoms with E-state index in [2.05, 4.69) is 37.0 Å². The molecule has 1 aromatic heterocycles. The van der Waals surface area contributed by atoms with Crippen molar-refractivity contribution >= 4 is 31.9 Å². The summed E-state index contributed by atoms with van der Waals surface area (Å²) in [5, 5.41) is 4.33. The molecule has 0 fully saturated rings. The van der Waals surface area contributed by atoms with E-state index in [4.69, 9.17) is 15.2 Å². The van der Waals surface area contributed by atoms with Gasteiger partial charge in [0.1, 0.15) is 5.75 Å². The number of nitrogens with zero attached hydrogens (tertiary/aromatic N) is 2. The van der Waals surface area contributed by atoms with Gasteiger partial charge in [0.2, 0.25) is 0 Å². The van der Waals surface area contributed by atoms with Crippen molar-refractivity contribution in [2.45, 2.75) is 12.6 Å². The van der Waals surface area contributed by atoms with Crippen LogP contribution in [0, 0.1) is 0 Å². The third-order valence-electron chi connectivity index (χ3n) is 3.17. The Bertz CT molecular complexity index is 616. The Morgan fingerprint density at radius 3 is 2.67 bits per heavy atom. The molecule has 1 unspecified atom stereocenters. The molecule has 0 spiro atoms. The summed E-state index contributed by atoms with van der Waals surface area (Å²) in [5.41, 5.74) is 8.30. The second kappa shape index (κ2) is 7.40. The second-order valence-electron chi connectivity index (χ2n) is 4.47. The van der Waals surface area contributed by atoms with Crippen LogP contribution in [0.5, 0.6) is 5.75 Å². The molecule has 2 aromatic rings. The summed E-state index contributed by atoms with van der Waals surface area (Å²) in [6.07, 6.45) is 1.75. The number of hydrogen-bond acceptors (Lipinski definition) is 4. The minimum Gasteiger partial charge on any atom is -0.496 e. The van der Waals surface area contributed by atoms with Gasteiger partial charge in [-0.25, -0.2) is 0 Å². The quantitative estimate of drug-likeness (QED) is 0.782. The lowest BCUT2D eigenvalue weighted by Gasteiger charge is -2.16. The highest BCUT2D eigenvalue weighted by Crippen LogP contribution is 2.32. The molecule has 1 heterocycles. The monoisotopic (exact) mass is 417 g/mol. The maximum atomic E-state index is 6.40. The number of nitrogens with two attached hydrogens (primary N) is 1. The zero-order valence-electron chi connectivity index (χ0n) is 11.8. The summed E-state index contributed by atoms with van der Waals surface area (Å²) in [7, 11) is 3.30. The van der Waals surface area contributed by atoms with E-state index in [9.17, 15) is 0 Å². The van der Waals surface area contributed by atoms with Crippen molar-refractivity contribution in [1.29, 1.82) is 0 Å². The highest BCUT2D eigenvalue weighted by atomic mass is 79.9. The Morgan fingerprint density at radius 1 is 1.29 bits per heavy atom. The third-order valence-corrected chi connectivity index (χ3v) is 4.40. The fourth-order valence-electron chi connectivity index (χ4n) is 2.07. The molecule has 1 aromatic carbocycles. The molecule has 0 saturated heterocycles. The van der Waals surface area contributed by atoms with E-state index < -0.39 is 0 Å². The first-order chi connectivity index (χ1) is 10.1. The molecule has 2 rings (SSSR count). The Labute approximate surface area is 140 Å². The van der Waals surface area contributed by atoms with Crippen LogP contribution in [0.3, 0.4) is 0 Å². The van der Waals surface area contributed by atoms with Crippen LogP contribution < -0.4 is 10.5 Å². The van der Waals surface area contributed by atoms with Crippen LogP contribution >= 0.6 is 31.9 Å². The zero-order chi connectivity index (χ0) is 15.4. The Morgan fingerprint density at radius 2 is 2.05 bits per heavy atom. The molecule has 0 amide bonds. The Balaban J connectivity index is 2.33. The summed E-state index contributed by atoms with van der Waals surface area (Å²) in [4.78, 5) is 0. The number of rotatable bonds is 6. The largest absolute Gasteiger partial charge is 0.496 e. The van der Waals surface area contributed by atoms with Crippen LogP contribution in [0.15, 0.2) is 33.3 Å². The molecule has 0 radical (unpaired) electrons. The number of methoxy groups -OCH3 is 2. The van der Waals surface area contributed by atoms with E-state index in [1.807, 2.05) is 22.9 Å². The van der Waals surface area contributed by atoms with Gasteiger partial charge in [0.05, 0.1) is 47.1 Å². The van der Waals surface area contributed by atoms with Gasteiger partial charge in [-0.1, -0.05) is 6.07 Å². The molecule has 0 aliphatic rings. The fraction of sp³-hybridized carbons (Fsp3) is 0.357. The zero-order valence-corrected chi connectivity index (χ0v) is 15.0. The molecule has 21 heavy (non-hydrogen) atoms. The standard InChI is InChI=1S/C14H17Br2N3O2/c1-20-6-5-19-14(11(16)8-18-19)13(17)9-3-4-12(21-2)10(15)7-9/h3-4,7-8,13H,5-6,17H2,1-2H3. The molecule has 0 aliphatic heterocycles. The van der Waals surface area contributed by atoms with Crippen molar-refractivity contribution in [2.24, 2.45) is 5.73 Å². The summed E-state index contributed by atoms with van der Waals surface area (Å²) >= 11 is 7.00. The van der Waals surface area contributed by atoms with Crippen molar-refractivity contribution in [2.75, 3.05) is 20.8 Å². The average molecular weight is 419 g/mol. The van der Waals surface area contributed by atoms with Crippen molar-refractivity contribution < 1.29 is 9.47 Å². The fourth-order valence-corrected chi connectivity index (χ4v) is 3.17. The van der Waals surface area contributed by atoms with Crippen LogP contribution in [-0.4, -0.2) is 30.6 Å². The number of halogens is 2. The topological polar surface area (TPSA) is 62.3 Å². The summed E-state index contributed by atoms with van der Waals surface area (Å²) in [6.45, 7) is 1.24.